The molecule has 0 aromatic heterocycles. The van der Waals surface area contributed by atoms with Gasteiger partial charge in [0.05, 0.1) is 0 Å². The molecule has 18 heavy (non-hydrogen) atoms. The van der Waals surface area contributed by atoms with Crippen LogP contribution in [0.3, 0.4) is 0 Å². The van der Waals surface area contributed by atoms with Crippen LogP contribution >= 0.6 is 11.6 Å². The maximum atomic E-state index is 6.09. The van der Waals surface area contributed by atoms with Gasteiger partial charge in [0.1, 0.15) is 0 Å². The van der Waals surface area contributed by atoms with E-state index in [1.54, 1.807) is 0 Å². The van der Waals surface area contributed by atoms with E-state index in [1.807, 2.05) is 0 Å². The van der Waals surface area contributed by atoms with Crippen LogP contribution in [0, 0.1) is 5.92 Å². The highest BCUT2D eigenvalue weighted by molar-refractivity contribution is 6.18. The van der Waals surface area contributed by atoms with Crippen molar-refractivity contribution in [2.75, 3.05) is 12.4 Å². The molecule has 1 heterocycles. The summed E-state index contributed by atoms with van der Waals surface area (Å²) in [5.74, 6) is 2.10. The van der Waals surface area contributed by atoms with Crippen LogP contribution in [0.1, 0.15) is 44.2 Å². The molecule has 0 spiro atoms. The molecule has 1 fully saturated rings. The Bertz CT molecular complexity index is 371. The molecule has 1 saturated heterocycles. The average Bonchev–Trinajstić information content (AvgIpc) is 2.70. The first-order valence-corrected chi connectivity index (χ1v) is 7.54. The second-order valence-corrected chi connectivity index (χ2v) is 6.16. The Labute approximate surface area is 116 Å². The lowest BCUT2D eigenvalue weighted by Crippen LogP contribution is -2.33. The Hall–Kier alpha value is -0.530. The number of hydrogen-bond donors (Lipinski definition) is 0. The topological polar surface area (TPSA) is 3.24 Å². The predicted molar refractivity (Wildman–Crippen MR) is 79.2 cm³/mol. The van der Waals surface area contributed by atoms with Gasteiger partial charge in [-0.3, -0.25) is 4.90 Å². The van der Waals surface area contributed by atoms with Crippen LogP contribution in [-0.2, 0) is 6.54 Å². The number of alkyl halides is 1. The zero-order chi connectivity index (χ0) is 13.1. The van der Waals surface area contributed by atoms with E-state index in [0.717, 1.165) is 18.3 Å². The first kappa shape index (κ1) is 13.9. The Morgan fingerprint density at radius 3 is 2.50 bits per heavy atom. The van der Waals surface area contributed by atoms with Gasteiger partial charge in [-0.25, -0.2) is 0 Å². The van der Waals surface area contributed by atoms with E-state index in [9.17, 15) is 0 Å². The maximum absolute atomic E-state index is 6.09. The van der Waals surface area contributed by atoms with Crippen LogP contribution in [0.4, 0.5) is 0 Å². The molecule has 0 radical (unpaired) electrons. The number of hydrogen-bond acceptors (Lipinski definition) is 1. The van der Waals surface area contributed by atoms with Gasteiger partial charge in [-0.15, -0.1) is 11.6 Å². The standard InChI is InChI=1S/C16H24ClN/c1-12(2)15-6-4-14(5-7-15)11-18-9-8-13(3)16(18)10-17/h4-7,12-13,16H,8-11H2,1-3H3. The fourth-order valence-corrected chi connectivity index (χ4v) is 3.28. The summed E-state index contributed by atoms with van der Waals surface area (Å²) in [6.07, 6.45) is 1.28. The van der Waals surface area contributed by atoms with E-state index in [-0.39, 0.29) is 0 Å². The monoisotopic (exact) mass is 265 g/mol. The number of halogens is 1. The molecule has 2 heteroatoms. The highest BCUT2D eigenvalue weighted by atomic mass is 35.5. The first-order chi connectivity index (χ1) is 8.61. The van der Waals surface area contributed by atoms with Crippen molar-refractivity contribution in [3.63, 3.8) is 0 Å². The molecule has 2 rings (SSSR count). The van der Waals surface area contributed by atoms with Crippen LogP contribution in [0.25, 0.3) is 0 Å². The summed E-state index contributed by atoms with van der Waals surface area (Å²) >= 11 is 6.09. The number of rotatable bonds is 4. The van der Waals surface area contributed by atoms with E-state index in [2.05, 4.69) is 49.9 Å². The summed E-state index contributed by atoms with van der Waals surface area (Å²) in [5, 5.41) is 0. The highest BCUT2D eigenvalue weighted by Crippen LogP contribution is 2.26. The molecule has 1 aromatic carbocycles. The molecule has 0 N–H and O–H groups in total. The average molecular weight is 266 g/mol. The first-order valence-electron chi connectivity index (χ1n) is 7.00. The SMILES string of the molecule is CC(C)c1ccc(CN2CCC(C)C2CCl)cc1. The fraction of sp³-hybridized carbons (Fsp3) is 0.625. The van der Waals surface area contributed by atoms with Gasteiger partial charge in [0, 0.05) is 18.5 Å². The Morgan fingerprint density at radius 2 is 1.94 bits per heavy atom. The van der Waals surface area contributed by atoms with Crippen LogP contribution in [0.2, 0.25) is 0 Å². The lowest BCUT2D eigenvalue weighted by Gasteiger charge is -2.25. The molecule has 0 aliphatic carbocycles. The van der Waals surface area contributed by atoms with Crippen molar-refractivity contribution in [2.24, 2.45) is 5.92 Å². The minimum atomic E-state index is 0.552. The molecule has 1 aliphatic heterocycles. The van der Waals surface area contributed by atoms with Crippen molar-refractivity contribution < 1.29 is 0 Å². The largest absolute Gasteiger partial charge is 0.295 e. The van der Waals surface area contributed by atoms with E-state index in [4.69, 9.17) is 11.6 Å². The van der Waals surface area contributed by atoms with Crippen LogP contribution in [0.5, 0.6) is 0 Å². The van der Waals surface area contributed by atoms with Crippen molar-refractivity contribution in [2.45, 2.75) is 45.7 Å². The van der Waals surface area contributed by atoms with Crippen LogP contribution in [-0.4, -0.2) is 23.4 Å². The molecule has 1 nitrogen and oxygen atoms in total. The van der Waals surface area contributed by atoms with Gasteiger partial charge in [-0.1, -0.05) is 45.0 Å². The fourth-order valence-electron chi connectivity index (χ4n) is 2.78. The summed E-state index contributed by atoms with van der Waals surface area (Å²) in [7, 11) is 0. The van der Waals surface area contributed by atoms with Crippen molar-refractivity contribution in [1.29, 1.82) is 0 Å². The number of benzene rings is 1. The van der Waals surface area contributed by atoms with Crippen LogP contribution < -0.4 is 0 Å². The van der Waals surface area contributed by atoms with E-state index in [0.29, 0.717) is 12.0 Å². The van der Waals surface area contributed by atoms with Crippen molar-refractivity contribution >= 4 is 11.6 Å². The second-order valence-electron chi connectivity index (χ2n) is 5.85. The second kappa shape index (κ2) is 6.08. The molecule has 100 valence electrons. The molecule has 2 atom stereocenters. The summed E-state index contributed by atoms with van der Waals surface area (Å²) < 4.78 is 0. The molecular formula is C16H24ClN. The predicted octanol–water partition coefficient (Wildman–Crippen LogP) is 4.26. The van der Waals surface area contributed by atoms with Crippen molar-refractivity contribution in [1.82, 2.24) is 4.90 Å². The Kier molecular flexibility index (Phi) is 4.69. The van der Waals surface area contributed by atoms with Gasteiger partial charge in [0.2, 0.25) is 0 Å². The lowest BCUT2D eigenvalue weighted by molar-refractivity contribution is 0.242. The summed E-state index contributed by atoms with van der Waals surface area (Å²) in [6, 6.07) is 9.61. The number of likely N-dealkylation sites (tertiary alicyclic amines) is 1. The van der Waals surface area contributed by atoms with Gasteiger partial charge < -0.3 is 0 Å². The molecular weight excluding hydrogens is 242 g/mol. The smallest absolute Gasteiger partial charge is 0.0382 e. The van der Waals surface area contributed by atoms with Gasteiger partial charge in [0.15, 0.2) is 0 Å². The van der Waals surface area contributed by atoms with Gasteiger partial charge >= 0.3 is 0 Å². The lowest BCUT2D eigenvalue weighted by atomic mass is 10.0. The molecule has 2 unspecified atom stereocenters. The Morgan fingerprint density at radius 1 is 1.28 bits per heavy atom. The van der Waals surface area contributed by atoms with Gasteiger partial charge in [-0.05, 0) is 35.9 Å². The van der Waals surface area contributed by atoms with Gasteiger partial charge in [0.25, 0.3) is 0 Å². The molecule has 1 aliphatic rings. The van der Waals surface area contributed by atoms with E-state index >= 15 is 0 Å². The summed E-state index contributed by atoms with van der Waals surface area (Å²) in [5.41, 5.74) is 2.83. The third kappa shape index (κ3) is 3.07. The number of nitrogens with zero attached hydrogens (tertiary/aromatic N) is 1. The quantitative estimate of drug-likeness (QED) is 0.736. The summed E-state index contributed by atoms with van der Waals surface area (Å²) in [4.78, 5) is 2.53. The maximum Gasteiger partial charge on any atom is 0.0382 e. The summed E-state index contributed by atoms with van der Waals surface area (Å²) in [6.45, 7) is 9.01. The van der Waals surface area contributed by atoms with Crippen LogP contribution in [0.15, 0.2) is 24.3 Å². The zero-order valence-corrected chi connectivity index (χ0v) is 12.5. The minimum Gasteiger partial charge on any atom is -0.295 e. The third-order valence-electron chi connectivity index (χ3n) is 4.19. The molecule has 0 bridgehead atoms. The molecule has 0 saturated carbocycles. The highest BCUT2D eigenvalue weighted by Gasteiger charge is 2.29. The van der Waals surface area contributed by atoms with Crippen molar-refractivity contribution in [3.05, 3.63) is 35.4 Å². The Balaban J connectivity index is 2.01. The van der Waals surface area contributed by atoms with Gasteiger partial charge in [-0.2, -0.15) is 0 Å². The van der Waals surface area contributed by atoms with Crippen molar-refractivity contribution in [3.8, 4) is 0 Å². The third-order valence-corrected chi connectivity index (χ3v) is 4.50. The molecule has 0 amide bonds. The zero-order valence-electron chi connectivity index (χ0n) is 11.7. The normalized spacial score (nSPS) is 24.9. The minimum absolute atomic E-state index is 0.552. The van der Waals surface area contributed by atoms with E-state index in [1.165, 1.54) is 24.1 Å². The van der Waals surface area contributed by atoms with E-state index < -0.39 is 0 Å². The molecule has 1 aromatic rings.